The minimum absolute atomic E-state index is 0.379. The van der Waals surface area contributed by atoms with Crippen LogP contribution in [0.2, 0.25) is 6.04 Å². The van der Waals surface area contributed by atoms with Crippen LogP contribution in [0.25, 0.3) is 0 Å². The van der Waals surface area contributed by atoms with Crippen LogP contribution in [-0.4, -0.2) is 61.1 Å². The fourth-order valence-corrected chi connectivity index (χ4v) is 1.39. The monoisotopic (exact) mass is 175 g/mol. The molecule has 0 aromatic carbocycles. The first-order valence-electron chi connectivity index (χ1n) is 4.15. The second-order valence-corrected chi connectivity index (χ2v) is 4.26. The number of rotatable bonds is 5. The molecule has 68 valence electrons. The van der Waals surface area contributed by atoms with E-state index in [0.29, 0.717) is 6.29 Å². The number of nitrogens with one attached hydrogen (secondary N) is 1. The summed E-state index contributed by atoms with van der Waals surface area (Å²) in [6.45, 7) is 1.13. The molecule has 0 saturated carbocycles. The van der Waals surface area contributed by atoms with Gasteiger partial charge in [0.15, 0.2) is 0 Å². The van der Waals surface area contributed by atoms with E-state index in [9.17, 15) is 0 Å². The van der Waals surface area contributed by atoms with Crippen molar-refractivity contribution in [1.29, 1.82) is 0 Å². The van der Waals surface area contributed by atoms with Crippen molar-refractivity contribution in [2.75, 3.05) is 34.7 Å². The first kappa shape index (κ1) is 11.1. The van der Waals surface area contributed by atoms with Crippen molar-refractivity contribution in [3.8, 4) is 0 Å². The lowest BCUT2D eigenvalue weighted by Crippen LogP contribution is -2.51. The highest BCUT2D eigenvalue weighted by molar-refractivity contribution is 6.08. The molecule has 0 rings (SSSR count). The zero-order valence-corrected chi connectivity index (χ0v) is 10.4. The van der Waals surface area contributed by atoms with Gasteiger partial charge in [0.25, 0.3) is 0 Å². The first-order valence-corrected chi connectivity index (χ1v) is 5.57. The fourth-order valence-electron chi connectivity index (χ4n) is 1.10. The van der Waals surface area contributed by atoms with Crippen molar-refractivity contribution in [3.63, 3.8) is 0 Å². The summed E-state index contributed by atoms with van der Waals surface area (Å²) < 4.78 is 0. The van der Waals surface area contributed by atoms with Gasteiger partial charge in [0.1, 0.15) is 6.29 Å². The van der Waals surface area contributed by atoms with E-state index >= 15 is 0 Å². The van der Waals surface area contributed by atoms with Crippen molar-refractivity contribution in [3.05, 3.63) is 0 Å². The van der Waals surface area contributed by atoms with Crippen LogP contribution < -0.4 is 5.32 Å². The molecule has 3 nitrogen and oxygen atoms in total. The number of hydrogen-bond donors (Lipinski definition) is 1. The van der Waals surface area contributed by atoms with Crippen LogP contribution in [0.3, 0.4) is 0 Å². The van der Waals surface area contributed by atoms with E-state index in [-0.39, 0.29) is 0 Å². The van der Waals surface area contributed by atoms with Gasteiger partial charge >= 0.3 is 0 Å². The topological polar surface area (TPSA) is 18.5 Å². The lowest BCUT2D eigenvalue weighted by Gasteiger charge is -2.31. The summed E-state index contributed by atoms with van der Waals surface area (Å²) in [4.78, 5) is 4.36. The average Bonchev–Trinajstić information content (AvgIpc) is 1.87. The summed E-state index contributed by atoms with van der Waals surface area (Å²) in [5, 5.41) is 3.45. The highest BCUT2D eigenvalue weighted by Crippen LogP contribution is 1.91. The Labute approximate surface area is 73.2 Å². The minimum Gasteiger partial charge on any atom is -0.290 e. The molecule has 0 saturated heterocycles. The van der Waals surface area contributed by atoms with Crippen LogP contribution in [0.15, 0.2) is 0 Å². The van der Waals surface area contributed by atoms with Gasteiger partial charge < -0.3 is 0 Å². The highest BCUT2D eigenvalue weighted by atomic mass is 28.1. The quantitative estimate of drug-likeness (QED) is 0.417. The molecule has 1 N–H and O–H groups in total. The maximum Gasteiger partial charge on any atom is 0.116 e. The molecule has 0 unspecified atom stereocenters. The van der Waals surface area contributed by atoms with Gasteiger partial charge in [-0.1, -0.05) is 6.04 Å². The summed E-state index contributed by atoms with van der Waals surface area (Å²) in [6, 6.07) is 1.32. The SMILES string of the molecule is CN(C)C(NCC[SiH3])N(C)C. The van der Waals surface area contributed by atoms with Gasteiger partial charge in [0, 0.05) is 10.2 Å². The molecule has 11 heavy (non-hydrogen) atoms. The molecule has 0 aliphatic rings. The molecular weight excluding hydrogens is 154 g/mol. The molecule has 0 aromatic rings. The van der Waals surface area contributed by atoms with Crippen molar-refractivity contribution in [1.82, 2.24) is 15.1 Å². The molecule has 0 aliphatic carbocycles. The summed E-state index contributed by atoms with van der Waals surface area (Å²) in [7, 11) is 9.64. The molecule has 0 heterocycles. The standard InChI is InChI=1S/C7H21N3Si/c1-9(2)7(10(3)4)8-5-6-11/h7-8H,5-6H2,1-4,11H3. The first-order chi connectivity index (χ1) is 5.09. The van der Waals surface area contributed by atoms with E-state index in [1.807, 2.05) is 0 Å². The van der Waals surface area contributed by atoms with E-state index < -0.39 is 0 Å². The average molecular weight is 175 g/mol. The van der Waals surface area contributed by atoms with Crippen molar-refractivity contribution >= 4 is 10.2 Å². The summed E-state index contributed by atoms with van der Waals surface area (Å²) >= 11 is 0. The molecule has 0 atom stereocenters. The van der Waals surface area contributed by atoms with Gasteiger partial charge in [0.2, 0.25) is 0 Å². The van der Waals surface area contributed by atoms with Crippen LogP contribution in [0, 0.1) is 0 Å². The zero-order valence-electron chi connectivity index (χ0n) is 8.39. The normalized spacial score (nSPS) is 12.3. The molecule has 0 fully saturated rings. The van der Waals surface area contributed by atoms with Gasteiger partial charge in [-0.2, -0.15) is 0 Å². The fraction of sp³-hybridized carbons (Fsp3) is 1.00. The van der Waals surface area contributed by atoms with E-state index in [1.165, 1.54) is 16.3 Å². The van der Waals surface area contributed by atoms with Crippen LogP contribution >= 0.6 is 0 Å². The summed E-state index contributed by atoms with van der Waals surface area (Å²) in [6.07, 6.45) is 0.379. The predicted molar refractivity (Wildman–Crippen MR) is 53.9 cm³/mol. The van der Waals surface area contributed by atoms with Gasteiger partial charge in [-0.15, -0.1) is 0 Å². The second kappa shape index (κ2) is 5.71. The Balaban J connectivity index is 3.70. The largest absolute Gasteiger partial charge is 0.290 e. The van der Waals surface area contributed by atoms with Crippen LogP contribution in [-0.2, 0) is 0 Å². The lowest BCUT2D eigenvalue weighted by atomic mass is 10.6. The summed E-state index contributed by atoms with van der Waals surface area (Å²) in [5.74, 6) is 0. The smallest absolute Gasteiger partial charge is 0.116 e. The predicted octanol–water partition coefficient (Wildman–Crippen LogP) is -1.23. The van der Waals surface area contributed by atoms with Crippen molar-refractivity contribution in [2.24, 2.45) is 0 Å². The maximum atomic E-state index is 3.45. The van der Waals surface area contributed by atoms with Crippen LogP contribution in [0.5, 0.6) is 0 Å². The van der Waals surface area contributed by atoms with E-state index in [1.54, 1.807) is 0 Å². The molecule has 0 aliphatic heterocycles. The third-order valence-electron chi connectivity index (χ3n) is 1.56. The van der Waals surface area contributed by atoms with Crippen LogP contribution in [0.4, 0.5) is 0 Å². The minimum atomic E-state index is 0.379. The molecule has 0 aromatic heterocycles. The Kier molecular flexibility index (Phi) is 5.76. The zero-order chi connectivity index (χ0) is 8.85. The third-order valence-corrected chi connectivity index (χ3v) is 2.06. The third kappa shape index (κ3) is 4.52. The Morgan fingerprint density at radius 1 is 1.18 bits per heavy atom. The Morgan fingerprint density at radius 3 is 1.91 bits per heavy atom. The Bertz CT molecular complexity index is 87.7. The molecule has 0 spiro atoms. The van der Waals surface area contributed by atoms with Gasteiger partial charge in [-0.25, -0.2) is 0 Å². The van der Waals surface area contributed by atoms with Gasteiger partial charge in [0.05, 0.1) is 0 Å². The lowest BCUT2D eigenvalue weighted by molar-refractivity contribution is 0.0977. The summed E-state index contributed by atoms with van der Waals surface area (Å²) in [5.41, 5.74) is 0. The van der Waals surface area contributed by atoms with E-state index in [2.05, 4.69) is 43.3 Å². The van der Waals surface area contributed by atoms with Gasteiger partial charge in [-0.05, 0) is 34.7 Å². The van der Waals surface area contributed by atoms with Crippen molar-refractivity contribution in [2.45, 2.75) is 12.3 Å². The molecule has 4 heteroatoms. The molecule has 0 amide bonds. The van der Waals surface area contributed by atoms with E-state index in [0.717, 1.165) is 6.54 Å². The van der Waals surface area contributed by atoms with Gasteiger partial charge in [-0.3, -0.25) is 15.1 Å². The molecular formula is C7H21N3Si. The van der Waals surface area contributed by atoms with E-state index in [4.69, 9.17) is 0 Å². The Morgan fingerprint density at radius 2 is 1.64 bits per heavy atom. The Hall–Kier alpha value is 0.0969. The molecule has 0 radical (unpaired) electrons. The number of hydrogen-bond acceptors (Lipinski definition) is 3. The molecule has 0 bridgehead atoms. The van der Waals surface area contributed by atoms with Crippen LogP contribution in [0.1, 0.15) is 0 Å². The highest BCUT2D eigenvalue weighted by Gasteiger charge is 2.10. The number of nitrogens with zero attached hydrogens (tertiary/aromatic N) is 2. The second-order valence-electron chi connectivity index (χ2n) is 3.26. The maximum absolute atomic E-state index is 3.45. The van der Waals surface area contributed by atoms with Crippen molar-refractivity contribution < 1.29 is 0 Å².